The molecule has 3 rings (SSSR count). The highest BCUT2D eigenvalue weighted by molar-refractivity contribution is 5.56. The van der Waals surface area contributed by atoms with E-state index in [0.29, 0.717) is 6.54 Å². The van der Waals surface area contributed by atoms with E-state index >= 15 is 0 Å². The van der Waals surface area contributed by atoms with Crippen molar-refractivity contribution in [2.75, 3.05) is 50.8 Å². The number of morpholine rings is 1. The van der Waals surface area contributed by atoms with Gasteiger partial charge >= 0.3 is 0 Å². The lowest BCUT2D eigenvalue weighted by Gasteiger charge is -2.34. The van der Waals surface area contributed by atoms with Gasteiger partial charge in [0.1, 0.15) is 0 Å². The highest BCUT2D eigenvalue weighted by Gasteiger charge is 2.18. The quantitative estimate of drug-likeness (QED) is 0.897. The summed E-state index contributed by atoms with van der Waals surface area (Å²) in [6.07, 6.45) is 2.45. The van der Waals surface area contributed by atoms with E-state index in [1.807, 2.05) is 0 Å². The summed E-state index contributed by atoms with van der Waals surface area (Å²) in [5.74, 6) is 0. The molecule has 0 aromatic heterocycles. The predicted molar refractivity (Wildman–Crippen MR) is 82.1 cm³/mol. The normalized spacial score (nSPS) is 19.9. The minimum Gasteiger partial charge on any atom is -0.379 e. The van der Waals surface area contributed by atoms with Gasteiger partial charge in [-0.05, 0) is 30.0 Å². The van der Waals surface area contributed by atoms with Crippen LogP contribution in [0.15, 0.2) is 18.2 Å². The van der Waals surface area contributed by atoms with Crippen LogP contribution in [0.1, 0.15) is 17.5 Å². The second-order valence-electron chi connectivity index (χ2n) is 5.71. The van der Waals surface area contributed by atoms with Gasteiger partial charge in [0.15, 0.2) is 0 Å². The van der Waals surface area contributed by atoms with Gasteiger partial charge in [-0.3, -0.25) is 4.90 Å². The summed E-state index contributed by atoms with van der Waals surface area (Å²) in [6, 6.07) is 6.72. The number of nitrogens with zero attached hydrogens (tertiary/aromatic N) is 2. The molecular formula is C16H25N3O. The molecule has 2 heterocycles. The molecule has 1 aromatic carbocycles. The van der Waals surface area contributed by atoms with Crippen LogP contribution in [0, 0.1) is 0 Å². The third-order valence-corrected chi connectivity index (χ3v) is 4.38. The first-order valence-electron chi connectivity index (χ1n) is 7.74. The van der Waals surface area contributed by atoms with Gasteiger partial charge in [0.2, 0.25) is 0 Å². The third-order valence-electron chi connectivity index (χ3n) is 4.38. The van der Waals surface area contributed by atoms with Crippen LogP contribution in [0.2, 0.25) is 0 Å². The molecule has 0 radical (unpaired) electrons. The summed E-state index contributed by atoms with van der Waals surface area (Å²) in [4.78, 5) is 5.04. The van der Waals surface area contributed by atoms with Crippen molar-refractivity contribution in [3.8, 4) is 0 Å². The molecule has 110 valence electrons. The maximum Gasteiger partial charge on any atom is 0.0594 e. The summed E-state index contributed by atoms with van der Waals surface area (Å²) in [5.41, 5.74) is 9.88. The second kappa shape index (κ2) is 6.57. The van der Waals surface area contributed by atoms with E-state index in [4.69, 9.17) is 10.5 Å². The molecule has 4 nitrogen and oxygen atoms in total. The molecule has 0 unspecified atom stereocenters. The van der Waals surface area contributed by atoms with E-state index < -0.39 is 0 Å². The molecule has 0 saturated carbocycles. The highest BCUT2D eigenvalue weighted by Crippen LogP contribution is 2.27. The Morgan fingerprint density at radius 1 is 1.10 bits per heavy atom. The second-order valence-corrected chi connectivity index (χ2v) is 5.71. The zero-order chi connectivity index (χ0) is 13.8. The van der Waals surface area contributed by atoms with Gasteiger partial charge < -0.3 is 15.4 Å². The molecular weight excluding hydrogens is 250 g/mol. The van der Waals surface area contributed by atoms with E-state index in [-0.39, 0.29) is 0 Å². The Hall–Kier alpha value is -1.10. The van der Waals surface area contributed by atoms with Gasteiger partial charge in [0, 0.05) is 45.0 Å². The van der Waals surface area contributed by atoms with Crippen molar-refractivity contribution in [3.63, 3.8) is 0 Å². The number of ether oxygens (including phenoxy) is 1. The Morgan fingerprint density at radius 2 is 1.95 bits per heavy atom. The van der Waals surface area contributed by atoms with Crippen LogP contribution in [0.4, 0.5) is 5.69 Å². The van der Waals surface area contributed by atoms with Crippen LogP contribution in [0.3, 0.4) is 0 Å². The van der Waals surface area contributed by atoms with Gasteiger partial charge in [0.05, 0.1) is 13.2 Å². The van der Waals surface area contributed by atoms with E-state index in [0.717, 1.165) is 39.4 Å². The fourth-order valence-corrected chi connectivity index (χ4v) is 3.17. The maximum absolute atomic E-state index is 5.74. The third kappa shape index (κ3) is 3.14. The fraction of sp³-hybridized carbons (Fsp3) is 0.625. The van der Waals surface area contributed by atoms with Gasteiger partial charge in [-0.1, -0.05) is 12.1 Å². The first kappa shape index (κ1) is 13.9. The monoisotopic (exact) mass is 275 g/mol. The van der Waals surface area contributed by atoms with E-state index in [1.165, 1.54) is 36.2 Å². The van der Waals surface area contributed by atoms with Crippen LogP contribution in [0.25, 0.3) is 0 Å². The van der Waals surface area contributed by atoms with Gasteiger partial charge in [0.25, 0.3) is 0 Å². The topological polar surface area (TPSA) is 41.7 Å². The zero-order valence-electron chi connectivity index (χ0n) is 12.2. The summed E-state index contributed by atoms with van der Waals surface area (Å²) in [7, 11) is 0. The molecule has 2 aliphatic heterocycles. The van der Waals surface area contributed by atoms with Crippen molar-refractivity contribution < 1.29 is 4.74 Å². The van der Waals surface area contributed by atoms with Crippen LogP contribution >= 0.6 is 0 Å². The number of aryl methyl sites for hydroxylation is 1. The fourth-order valence-electron chi connectivity index (χ4n) is 3.17. The van der Waals surface area contributed by atoms with E-state index in [2.05, 4.69) is 28.0 Å². The Balaban J connectivity index is 1.63. The Bertz CT molecular complexity index is 443. The first-order valence-corrected chi connectivity index (χ1v) is 7.74. The summed E-state index contributed by atoms with van der Waals surface area (Å²) in [5, 5.41) is 0. The van der Waals surface area contributed by atoms with Crippen LogP contribution < -0.4 is 10.6 Å². The van der Waals surface area contributed by atoms with Crippen molar-refractivity contribution in [1.82, 2.24) is 4.90 Å². The predicted octanol–water partition coefficient (Wildman–Crippen LogP) is 1.23. The number of rotatable bonds is 4. The van der Waals surface area contributed by atoms with Gasteiger partial charge in [-0.25, -0.2) is 0 Å². The molecule has 0 atom stereocenters. The minimum atomic E-state index is 0.640. The van der Waals surface area contributed by atoms with Crippen LogP contribution in [-0.2, 0) is 17.7 Å². The van der Waals surface area contributed by atoms with Crippen molar-refractivity contribution in [2.24, 2.45) is 5.73 Å². The van der Waals surface area contributed by atoms with Crippen molar-refractivity contribution in [3.05, 3.63) is 29.3 Å². The van der Waals surface area contributed by atoms with E-state index in [9.17, 15) is 0 Å². The lowest BCUT2D eigenvalue weighted by Crippen LogP contribution is -2.42. The molecule has 0 bridgehead atoms. The van der Waals surface area contributed by atoms with Crippen molar-refractivity contribution in [1.29, 1.82) is 0 Å². The Morgan fingerprint density at radius 3 is 2.75 bits per heavy atom. The number of hydrogen-bond donors (Lipinski definition) is 1. The molecule has 0 amide bonds. The lowest BCUT2D eigenvalue weighted by molar-refractivity contribution is 0.0391. The summed E-state index contributed by atoms with van der Waals surface area (Å²) in [6.45, 7) is 8.00. The first-order chi connectivity index (χ1) is 9.86. The number of anilines is 1. The van der Waals surface area contributed by atoms with Gasteiger partial charge in [-0.15, -0.1) is 0 Å². The average molecular weight is 275 g/mol. The largest absolute Gasteiger partial charge is 0.379 e. The molecule has 2 N–H and O–H groups in total. The zero-order valence-corrected chi connectivity index (χ0v) is 12.2. The minimum absolute atomic E-state index is 0.640. The lowest BCUT2D eigenvalue weighted by atomic mass is 9.99. The summed E-state index contributed by atoms with van der Waals surface area (Å²) < 4.78 is 5.41. The molecule has 0 aliphatic carbocycles. The number of fused-ring (bicyclic) bond motifs is 1. The molecule has 2 aliphatic rings. The number of benzene rings is 1. The standard InChI is InChI=1S/C16H25N3O/c17-13-14-3-4-16-15(12-14)2-1-5-19(16)7-6-18-8-10-20-11-9-18/h3-4,12H,1-2,5-11,13,17H2. The van der Waals surface area contributed by atoms with Crippen molar-refractivity contribution in [2.45, 2.75) is 19.4 Å². The smallest absolute Gasteiger partial charge is 0.0594 e. The molecule has 1 aromatic rings. The van der Waals surface area contributed by atoms with Crippen molar-refractivity contribution >= 4 is 5.69 Å². The Kier molecular flexibility index (Phi) is 4.55. The molecule has 20 heavy (non-hydrogen) atoms. The van der Waals surface area contributed by atoms with Crippen LogP contribution in [0.5, 0.6) is 0 Å². The Labute approximate surface area is 121 Å². The van der Waals surface area contributed by atoms with Crippen LogP contribution in [-0.4, -0.2) is 50.8 Å². The van der Waals surface area contributed by atoms with E-state index in [1.54, 1.807) is 0 Å². The van der Waals surface area contributed by atoms with Gasteiger partial charge in [-0.2, -0.15) is 0 Å². The number of nitrogens with two attached hydrogens (primary N) is 1. The molecule has 4 heteroatoms. The average Bonchev–Trinajstić information content (AvgIpc) is 2.53. The summed E-state index contributed by atoms with van der Waals surface area (Å²) >= 11 is 0. The highest BCUT2D eigenvalue weighted by atomic mass is 16.5. The molecule has 1 saturated heterocycles. The number of hydrogen-bond acceptors (Lipinski definition) is 4. The SMILES string of the molecule is NCc1ccc2c(c1)CCCN2CCN1CCOCC1. The molecule has 0 spiro atoms. The molecule has 1 fully saturated rings. The maximum atomic E-state index is 5.74.